The number of hydrogen-bond donors (Lipinski definition) is 2. The van der Waals surface area contributed by atoms with Crippen molar-refractivity contribution in [3.63, 3.8) is 0 Å². The van der Waals surface area contributed by atoms with E-state index in [4.69, 9.17) is 0 Å². The van der Waals surface area contributed by atoms with Crippen LogP contribution >= 0.6 is 0 Å². The van der Waals surface area contributed by atoms with Gasteiger partial charge in [0.25, 0.3) is 0 Å². The van der Waals surface area contributed by atoms with E-state index in [1.165, 1.54) is 6.07 Å². The summed E-state index contributed by atoms with van der Waals surface area (Å²) in [5.41, 5.74) is 4.51. The Labute approximate surface area is 153 Å². The number of aromatic nitrogens is 2. The number of nitrogens with zero attached hydrogens (tertiary/aromatic N) is 2. The third-order valence-electron chi connectivity index (χ3n) is 5.04. The molecule has 1 aromatic carbocycles. The minimum atomic E-state index is -3.77. The first-order valence-corrected chi connectivity index (χ1v) is 10.1. The number of aryl methyl sites for hydroxylation is 3. The van der Waals surface area contributed by atoms with Crippen LogP contribution in [0.1, 0.15) is 44.9 Å². The predicted molar refractivity (Wildman–Crippen MR) is 97.0 cm³/mol. The van der Waals surface area contributed by atoms with Crippen LogP contribution in [0, 0.1) is 13.8 Å². The van der Waals surface area contributed by atoms with Gasteiger partial charge in [-0.2, -0.15) is 5.10 Å². The Bertz CT molecular complexity index is 977. The normalized spacial score (nSPS) is 13.8. The summed E-state index contributed by atoms with van der Waals surface area (Å²) in [5, 5.41) is 13.6. The molecule has 0 bridgehead atoms. The molecule has 0 unspecified atom stereocenters. The number of carboxylic acid groups (broad SMARTS) is 1. The second-order valence-electron chi connectivity index (χ2n) is 6.69. The Morgan fingerprint density at radius 2 is 2.04 bits per heavy atom. The number of benzene rings is 1. The molecule has 2 aromatic rings. The summed E-state index contributed by atoms with van der Waals surface area (Å²) in [6.07, 6.45) is 2.75. The lowest BCUT2D eigenvalue weighted by Gasteiger charge is -2.12. The van der Waals surface area contributed by atoms with Crippen LogP contribution in [0.2, 0.25) is 0 Å². The fourth-order valence-corrected chi connectivity index (χ4v) is 4.96. The van der Waals surface area contributed by atoms with E-state index in [0.717, 1.165) is 34.5 Å². The zero-order valence-corrected chi connectivity index (χ0v) is 16.0. The standard InChI is InChI=1S/C18H23N3O4S/c1-11-15(12(2)21(3)20-11)7-8-19-26(24,25)17-10-14(18(22)23)9-13-5-4-6-16(13)17/h9-10,19H,4-8H2,1-3H3,(H,22,23). The molecule has 0 saturated carbocycles. The molecule has 1 aliphatic carbocycles. The Hall–Kier alpha value is -2.19. The van der Waals surface area contributed by atoms with Gasteiger partial charge in [0.05, 0.1) is 16.2 Å². The minimum absolute atomic E-state index is 0.0185. The molecule has 1 aliphatic rings. The monoisotopic (exact) mass is 377 g/mol. The average molecular weight is 377 g/mol. The van der Waals surface area contributed by atoms with Crippen LogP contribution in [0.15, 0.2) is 17.0 Å². The number of fused-ring (bicyclic) bond motifs is 1. The largest absolute Gasteiger partial charge is 0.478 e. The molecule has 0 atom stereocenters. The molecule has 7 nitrogen and oxygen atoms in total. The molecule has 140 valence electrons. The van der Waals surface area contributed by atoms with Crippen LogP contribution in [0.4, 0.5) is 0 Å². The first kappa shape index (κ1) is 18.6. The molecule has 0 fully saturated rings. The molecular weight excluding hydrogens is 354 g/mol. The van der Waals surface area contributed by atoms with Gasteiger partial charge in [-0.25, -0.2) is 17.9 Å². The highest BCUT2D eigenvalue weighted by Gasteiger charge is 2.26. The van der Waals surface area contributed by atoms with Gasteiger partial charge in [0.15, 0.2) is 0 Å². The molecule has 8 heteroatoms. The van der Waals surface area contributed by atoms with Gasteiger partial charge in [-0.15, -0.1) is 0 Å². The van der Waals surface area contributed by atoms with Gasteiger partial charge in [-0.3, -0.25) is 4.68 Å². The lowest BCUT2D eigenvalue weighted by Crippen LogP contribution is -2.27. The van der Waals surface area contributed by atoms with Gasteiger partial charge >= 0.3 is 5.97 Å². The fourth-order valence-electron chi connectivity index (χ4n) is 3.60. The third kappa shape index (κ3) is 3.39. The molecule has 1 aromatic heterocycles. The Morgan fingerprint density at radius 3 is 2.65 bits per heavy atom. The van der Waals surface area contributed by atoms with Crippen molar-refractivity contribution in [1.82, 2.24) is 14.5 Å². The highest BCUT2D eigenvalue weighted by molar-refractivity contribution is 7.89. The maximum absolute atomic E-state index is 12.8. The molecule has 0 radical (unpaired) electrons. The van der Waals surface area contributed by atoms with Crippen molar-refractivity contribution in [2.75, 3.05) is 6.54 Å². The van der Waals surface area contributed by atoms with E-state index in [-0.39, 0.29) is 17.0 Å². The van der Waals surface area contributed by atoms with E-state index in [1.54, 1.807) is 10.7 Å². The molecule has 26 heavy (non-hydrogen) atoms. The van der Waals surface area contributed by atoms with Gasteiger partial charge < -0.3 is 5.11 Å². The van der Waals surface area contributed by atoms with Gasteiger partial charge in [-0.05, 0) is 68.4 Å². The van der Waals surface area contributed by atoms with Gasteiger partial charge in [0.1, 0.15) is 0 Å². The highest BCUT2D eigenvalue weighted by atomic mass is 32.2. The van der Waals surface area contributed by atoms with E-state index < -0.39 is 16.0 Å². The van der Waals surface area contributed by atoms with E-state index >= 15 is 0 Å². The van der Waals surface area contributed by atoms with Crippen molar-refractivity contribution < 1.29 is 18.3 Å². The average Bonchev–Trinajstić information content (AvgIpc) is 3.13. The summed E-state index contributed by atoms with van der Waals surface area (Å²) in [7, 11) is -1.91. The summed E-state index contributed by atoms with van der Waals surface area (Å²) in [6, 6.07) is 2.86. The first-order chi connectivity index (χ1) is 12.2. The van der Waals surface area contributed by atoms with Crippen LogP contribution in [0.25, 0.3) is 0 Å². The van der Waals surface area contributed by atoms with Crippen LogP contribution in [0.5, 0.6) is 0 Å². The number of carboxylic acids is 1. The Kier molecular flexibility index (Phi) is 4.90. The quantitative estimate of drug-likeness (QED) is 0.799. The van der Waals surface area contributed by atoms with Crippen LogP contribution in [-0.2, 0) is 36.3 Å². The predicted octanol–water partition coefficient (Wildman–Crippen LogP) is 1.74. The number of carbonyl (C=O) groups is 1. The minimum Gasteiger partial charge on any atom is -0.478 e. The van der Waals surface area contributed by atoms with E-state index in [1.807, 2.05) is 20.9 Å². The van der Waals surface area contributed by atoms with Gasteiger partial charge in [0, 0.05) is 19.3 Å². The highest BCUT2D eigenvalue weighted by Crippen LogP contribution is 2.30. The zero-order valence-electron chi connectivity index (χ0n) is 15.2. The summed E-state index contributed by atoms with van der Waals surface area (Å²) in [4.78, 5) is 11.4. The van der Waals surface area contributed by atoms with E-state index in [2.05, 4.69) is 9.82 Å². The van der Waals surface area contributed by atoms with Crippen molar-refractivity contribution in [1.29, 1.82) is 0 Å². The lowest BCUT2D eigenvalue weighted by molar-refractivity contribution is 0.0696. The summed E-state index contributed by atoms with van der Waals surface area (Å²) < 4.78 is 30.0. The van der Waals surface area contributed by atoms with Crippen molar-refractivity contribution in [3.05, 3.63) is 45.8 Å². The molecule has 3 rings (SSSR count). The summed E-state index contributed by atoms with van der Waals surface area (Å²) in [6.45, 7) is 4.09. The maximum atomic E-state index is 12.8. The van der Waals surface area contributed by atoms with Crippen LogP contribution in [0.3, 0.4) is 0 Å². The Morgan fingerprint density at radius 1 is 1.31 bits per heavy atom. The number of nitrogens with one attached hydrogen (secondary N) is 1. The molecule has 0 saturated heterocycles. The SMILES string of the molecule is Cc1nn(C)c(C)c1CCNS(=O)(=O)c1cc(C(=O)O)cc2c1CCC2. The second-order valence-corrected chi connectivity index (χ2v) is 8.43. The first-order valence-electron chi connectivity index (χ1n) is 8.58. The molecule has 0 amide bonds. The van der Waals surface area contributed by atoms with Crippen molar-refractivity contribution in [2.45, 2.75) is 44.4 Å². The fraction of sp³-hybridized carbons (Fsp3) is 0.444. The molecule has 2 N–H and O–H groups in total. The maximum Gasteiger partial charge on any atom is 0.335 e. The van der Waals surface area contributed by atoms with Crippen molar-refractivity contribution >= 4 is 16.0 Å². The smallest absolute Gasteiger partial charge is 0.335 e. The number of aromatic carboxylic acids is 1. The third-order valence-corrected chi connectivity index (χ3v) is 6.56. The lowest BCUT2D eigenvalue weighted by atomic mass is 10.1. The van der Waals surface area contributed by atoms with Gasteiger partial charge in [-0.1, -0.05) is 0 Å². The number of rotatable bonds is 6. The molecular formula is C18H23N3O4S. The van der Waals surface area contributed by atoms with Crippen molar-refractivity contribution in [3.8, 4) is 0 Å². The Balaban J connectivity index is 1.84. The second kappa shape index (κ2) is 6.85. The van der Waals surface area contributed by atoms with Crippen LogP contribution < -0.4 is 4.72 Å². The topological polar surface area (TPSA) is 101 Å². The number of sulfonamides is 1. The molecule has 1 heterocycles. The zero-order chi connectivity index (χ0) is 19.1. The van der Waals surface area contributed by atoms with Crippen LogP contribution in [-0.4, -0.2) is 35.8 Å². The summed E-state index contributed by atoms with van der Waals surface area (Å²) >= 11 is 0. The molecule has 0 spiro atoms. The van der Waals surface area contributed by atoms with Crippen molar-refractivity contribution in [2.24, 2.45) is 7.05 Å². The number of hydrogen-bond acceptors (Lipinski definition) is 4. The van der Waals surface area contributed by atoms with E-state index in [9.17, 15) is 18.3 Å². The molecule has 0 aliphatic heterocycles. The summed E-state index contributed by atoms with van der Waals surface area (Å²) in [5.74, 6) is -1.11. The van der Waals surface area contributed by atoms with Gasteiger partial charge in [0.2, 0.25) is 10.0 Å². The van der Waals surface area contributed by atoms with E-state index in [0.29, 0.717) is 19.3 Å².